The molecule has 0 aliphatic heterocycles. The quantitative estimate of drug-likeness (QED) is 0.906. The minimum atomic E-state index is 0.380. The summed E-state index contributed by atoms with van der Waals surface area (Å²) in [6, 6.07) is 6.40. The highest BCUT2D eigenvalue weighted by Crippen LogP contribution is 2.43. The van der Waals surface area contributed by atoms with E-state index in [1.807, 2.05) is 18.2 Å². The van der Waals surface area contributed by atoms with Gasteiger partial charge >= 0.3 is 0 Å². The van der Waals surface area contributed by atoms with Gasteiger partial charge in [0.1, 0.15) is 5.75 Å². The highest BCUT2D eigenvalue weighted by Gasteiger charge is 2.30. The van der Waals surface area contributed by atoms with Crippen molar-refractivity contribution in [2.24, 2.45) is 5.41 Å². The van der Waals surface area contributed by atoms with Crippen LogP contribution >= 0.6 is 0 Å². The monoisotopic (exact) mass is 273 g/mol. The summed E-state index contributed by atoms with van der Waals surface area (Å²) in [5, 5.41) is 0. The molecule has 0 bridgehead atoms. The lowest BCUT2D eigenvalue weighted by Crippen LogP contribution is -2.25. The molecular weight excluding hydrogens is 250 g/mol. The topological polar surface area (TPSA) is 53.1 Å². The van der Waals surface area contributed by atoms with E-state index in [1.54, 1.807) is 7.11 Å². The molecular formula is C16H23N3O. The summed E-state index contributed by atoms with van der Waals surface area (Å²) in [6.45, 7) is 4.68. The summed E-state index contributed by atoms with van der Waals surface area (Å²) in [5.74, 6) is 1.48. The average Bonchev–Trinajstić information content (AvgIpc) is 2.72. The Hall–Kier alpha value is -1.71. The number of anilines is 1. The summed E-state index contributed by atoms with van der Waals surface area (Å²) in [6.07, 6.45) is 4.87. The maximum Gasteiger partial charge on any atom is 0.201 e. The van der Waals surface area contributed by atoms with Gasteiger partial charge in [0.25, 0.3) is 0 Å². The second kappa shape index (κ2) is 4.69. The maximum absolute atomic E-state index is 6.18. The molecule has 1 fully saturated rings. The Labute approximate surface area is 119 Å². The van der Waals surface area contributed by atoms with Gasteiger partial charge in [0.05, 0.1) is 18.1 Å². The maximum atomic E-state index is 6.18. The highest BCUT2D eigenvalue weighted by molar-refractivity contribution is 5.80. The zero-order chi connectivity index (χ0) is 14.3. The van der Waals surface area contributed by atoms with Crippen LogP contribution in [0.2, 0.25) is 0 Å². The third-order valence-electron chi connectivity index (χ3n) is 4.47. The zero-order valence-corrected chi connectivity index (χ0v) is 12.5. The number of aromatic nitrogens is 2. The molecule has 108 valence electrons. The molecule has 2 aromatic rings. The van der Waals surface area contributed by atoms with Crippen molar-refractivity contribution in [1.29, 1.82) is 0 Å². The third-order valence-corrected chi connectivity index (χ3v) is 4.47. The highest BCUT2D eigenvalue weighted by atomic mass is 16.5. The first kappa shape index (κ1) is 13.3. The number of hydrogen-bond acceptors (Lipinski definition) is 3. The summed E-state index contributed by atoms with van der Waals surface area (Å²) in [7, 11) is 1.69. The smallest absolute Gasteiger partial charge is 0.201 e. The third kappa shape index (κ3) is 2.23. The molecule has 1 heterocycles. The molecule has 1 atom stereocenters. The van der Waals surface area contributed by atoms with Gasteiger partial charge in [0.15, 0.2) is 0 Å². The lowest BCUT2D eigenvalue weighted by atomic mass is 9.75. The normalized spacial score (nSPS) is 22.1. The predicted octanol–water partition coefficient (Wildman–Crippen LogP) is 3.77. The van der Waals surface area contributed by atoms with Crippen LogP contribution in [-0.4, -0.2) is 16.7 Å². The van der Waals surface area contributed by atoms with E-state index in [0.717, 1.165) is 23.2 Å². The molecule has 1 aromatic heterocycles. The fourth-order valence-electron chi connectivity index (χ4n) is 3.48. The van der Waals surface area contributed by atoms with Crippen molar-refractivity contribution in [2.75, 3.05) is 12.8 Å². The van der Waals surface area contributed by atoms with Crippen LogP contribution in [0, 0.1) is 5.41 Å². The van der Waals surface area contributed by atoms with Crippen molar-refractivity contribution in [3.63, 3.8) is 0 Å². The molecule has 0 amide bonds. The molecule has 4 nitrogen and oxygen atoms in total. The van der Waals surface area contributed by atoms with E-state index < -0.39 is 0 Å². The SMILES string of the molecule is COc1ccc2nc(N)n(C3CCCC(C)(C)C3)c2c1. The molecule has 20 heavy (non-hydrogen) atoms. The Kier molecular flexibility index (Phi) is 3.11. The lowest BCUT2D eigenvalue weighted by molar-refractivity contribution is 0.187. The summed E-state index contributed by atoms with van der Waals surface area (Å²) < 4.78 is 7.54. The number of rotatable bonds is 2. The fourth-order valence-corrected chi connectivity index (χ4v) is 3.48. The Morgan fingerprint density at radius 2 is 2.20 bits per heavy atom. The van der Waals surface area contributed by atoms with Crippen LogP contribution in [0.1, 0.15) is 45.6 Å². The molecule has 2 N–H and O–H groups in total. The van der Waals surface area contributed by atoms with Gasteiger partial charge in [-0.25, -0.2) is 4.98 Å². The van der Waals surface area contributed by atoms with E-state index in [9.17, 15) is 0 Å². The van der Waals surface area contributed by atoms with E-state index in [2.05, 4.69) is 23.4 Å². The van der Waals surface area contributed by atoms with E-state index in [4.69, 9.17) is 10.5 Å². The number of hydrogen-bond donors (Lipinski definition) is 1. The number of benzene rings is 1. The number of ether oxygens (including phenoxy) is 1. The van der Waals surface area contributed by atoms with Crippen LogP contribution in [0.3, 0.4) is 0 Å². The molecule has 1 aromatic carbocycles. The van der Waals surface area contributed by atoms with Gasteiger partial charge in [-0.2, -0.15) is 0 Å². The van der Waals surface area contributed by atoms with E-state index >= 15 is 0 Å². The molecule has 0 radical (unpaired) electrons. The Balaban J connectivity index is 2.07. The second-order valence-electron chi connectivity index (χ2n) is 6.61. The summed E-state index contributed by atoms with van der Waals surface area (Å²) >= 11 is 0. The van der Waals surface area contributed by atoms with Gasteiger partial charge < -0.3 is 15.0 Å². The Morgan fingerprint density at radius 3 is 2.90 bits per heavy atom. The van der Waals surface area contributed by atoms with Gasteiger partial charge in [0.2, 0.25) is 5.95 Å². The average molecular weight is 273 g/mol. The van der Waals surface area contributed by atoms with Crippen molar-refractivity contribution in [1.82, 2.24) is 9.55 Å². The van der Waals surface area contributed by atoms with E-state index in [1.165, 1.54) is 19.3 Å². The molecule has 1 aliphatic rings. The van der Waals surface area contributed by atoms with Crippen molar-refractivity contribution in [2.45, 2.75) is 45.6 Å². The Bertz CT molecular complexity index is 630. The van der Waals surface area contributed by atoms with Crippen LogP contribution in [0.15, 0.2) is 18.2 Å². The largest absolute Gasteiger partial charge is 0.497 e. The van der Waals surface area contributed by atoms with Gasteiger partial charge in [-0.1, -0.05) is 20.3 Å². The first-order valence-corrected chi connectivity index (χ1v) is 7.32. The standard InChI is InChI=1S/C16H23N3O/c1-16(2)8-4-5-11(10-16)19-14-9-12(20-3)6-7-13(14)18-15(19)17/h6-7,9,11H,4-5,8,10H2,1-3H3,(H2,17,18). The second-order valence-corrected chi connectivity index (χ2v) is 6.61. The van der Waals surface area contributed by atoms with Crippen LogP contribution in [0.25, 0.3) is 11.0 Å². The zero-order valence-electron chi connectivity index (χ0n) is 12.5. The molecule has 1 unspecified atom stereocenters. The number of imidazole rings is 1. The summed E-state index contributed by atoms with van der Waals surface area (Å²) in [4.78, 5) is 4.50. The molecule has 1 aliphatic carbocycles. The van der Waals surface area contributed by atoms with Gasteiger partial charge in [-0.05, 0) is 36.8 Å². The van der Waals surface area contributed by atoms with Crippen LogP contribution < -0.4 is 10.5 Å². The first-order valence-electron chi connectivity index (χ1n) is 7.32. The van der Waals surface area contributed by atoms with E-state index in [-0.39, 0.29) is 0 Å². The van der Waals surface area contributed by atoms with Crippen LogP contribution in [0.5, 0.6) is 5.75 Å². The van der Waals surface area contributed by atoms with Crippen LogP contribution in [-0.2, 0) is 0 Å². The molecule has 3 rings (SSSR count). The number of methoxy groups -OCH3 is 1. The molecule has 0 spiro atoms. The minimum absolute atomic E-state index is 0.380. The van der Waals surface area contributed by atoms with Crippen molar-refractivity contribution in [3.05, 3.63) is 18.2 Å². The number of nitrogen functional groups attached to an aromatic ring is 1. The number of nitrogens with two attached hydrogens (primary N) is 1. The Morgan fingerprint density at radius 1 is 1.40 bits per heavy atom. The van der Waals surface area contributed by atoms with Gasteiger partial charge in [0, 0.05) is 12.1 Å². The number of fused-ring (bicyclic) bond motifs is 1. The van der Waals surface area contributed by atoms with Crippen molar-refractivity contribution >= 4 is 17.0 Å². The van der Waals surface area contributed by atoms with Gasteiger partial charge in [-0.15, -0.1) is 0 Å². The lowest BCUT2D eigenvalue weighted by Gasteiger charge is -2.36. The molecule has 1 saturated carbocycles. The van der Waals surface area contributed by atoms with Crippen molar-refractivity contribution in [3.8, 4) is 5.75 Å². The summed E-state index contributed by atoms with van der Waals surface area (Å²) in [5.41, 5.74) is 8.59. The van der Waals surface area contributed by atoms with Crippen molar-refractivity contribution < 1.29 is 4.74 Å². The fraction of sp³-hybridized carbons (Fsp3) is 0.562. The molecule has 4 heteroatoms. The van der Waals surface area contributed by atoms with E-state index in [0.29, 0.717) is 17.4 Å². The predicted molar refractivity (Wildman–Crippen MR) is 82.0 cm³/mol. The molecule has 0 saturated heterocycles. The van der Waals surface area contributed by atoms with Crippen LogP contribution in [0.4, 0.5) is 5.95 Å². The van der Waals surface area contributed by atoms with Gasteiger partial charge in [-0.3, -0.25) is 0 Å². The first-order chi connectivity index (χ1) is 9.50. The minimum Gasteiger partial charge on any atom is -0.497 e. The number of nitrogens with zero attached hydrogens (tertiary/aromatic N) is 2.